The van der Waals surface area contributed by atoms with Gasteiger partial charge in [-0.05, 0) is 43.5 Å². The van der Waals surface area contributed by atoms with Crippen LogP contribution >= 0.6 is 0 Å². The summed E-state index contributed by atoms with van der Waals surface area (Å²) in [6, 6.07) is 17.6. The zero-order valence-electron chi connectivity index (χ0n) is 18.0. The van der Waals surface area contributed by atoms with E-state index in [1.54, 1.807) is 0 Å². The van der Waals surface area contributed by atoms with Crippen LogP contribution in [-0.4, -0.2) is 68.5 Å². The number of hydrogen-bond acceptors (Lipinski definition) is 5. The SMILES string of the molecule is O=C(c1ccccc1N1CCOCC1)N1CCCC(CO)(CCOc2ccccc2)C1. The van der Waals surface area contributed by atoms with E-state index >= 15 is 0 Å². The number of carbonyl (C=O) groups is 1. The van der Waals surface area contributed by atoms with Crippen molar-refractivity contribution in [3.63, 3.8) is 0 Å². The molecule has 2 heterocycles. The van der Waals surface area contributed by atoms with Gasteiger partial charge in [0.05, 0.1) is 32.0 Å². The fourth-order valence-corrected chi connectivity index (χ4v) is 4.60. The lowest BCUT2D eigenvalue weighted by molar-refractivity contribution is 0.0156. The second-order valence-corrected chi connectivity index (χ2v) is 8.52. The van der Waals surface area contributed by atoms with Crippen LogP contribution in [0, 0.1) is 5.41 Å². The average molecular weight is 425 g/mol. The van der Waals surface area contributed by atoms with E-state index in [1.165, 1.54) is 0 Å². The number of piperidine rings is 1. The largest absolute Gasteiger partial charge is 0.494 e. The van der Waals surface area contributed by atoms with Crippen LogP contribution in [0.2, 0.25) is 0 Å². The number of nitrogens with zero attached hydrogens (tertiary/aromatic N) is 2. The van der Waals surface area contributed by atoms with Crippen molar-refractivity contribution in [2.75, 3.05) is 57.5 Å². The smallest absolute Gasteiger partial charge is 0.255 e. The summed E-state index contributed by atoms with van der Waals surface area (Å²) in [7, 11) is 0. The third kappa shape index (κ3) is 5.20. The van der Waals surface area contributed by atoms with E-state index in [2.05, 4.69) is 4.90 Å². The van der Waals surface area contributed by atoms with Crippen LogP contribution in [0.3, 0.4) is 0 Å². The molecule has 2 aliphatic rings. The summed E-state index contributed by atoms with van der Waals surface area (Å²) in [5, 5.41) is 10.3. The van der Waals surface area contributed by atoms with Gasteiger partial charge in [-0.25, -0.2) is 0 Å². The Hall–Kier alpha value is -2.57. The third-order valence-corrected chi connectivity index (χ3v) is 6.41. The first kappa shape index (κ1) is 21.7. The van der Waals surface area contributed by atoms with Crippen molar-refractivity contribution in [1.29, 1.82) is 0 Å². The maximum absolute atomic E-state index is 13.5. The van der Waals surface area contributed by atoms with Crippen molar-refractivity contribution in [3.8, 4) is 5.75 Å². The van der Waals surface area contributed by atoms with Gasteiger partial charge >= 0.3 is 0 Å². The molecule has 4 rings (SSSR count). The van der Waals surface area contributed by atoms with Gasteiger partial charge in [-0.1, -0.05) is 30.3 Å². The highest BCUT2D eigenvalue weighted by molar-refractivity contribution is 6.00. The molecule has 0 saturated carbocycles. The summed E-state index contributed by atoms with van der Waals surface area (Å²) in [5.74, 6) is 0.877. The van der Waals surface area contributed by atoms with Gasteiger partial charge in [-0.2, -0.15) is 0 Å². The first-order valence-electron chi connectivity index (χ1n) is 11.2. The summed E-state index contributed by atoms with van der Waals surface area (Å²) in [5.41, 5.74) is 1.39. The Labute approximate surface area is 184 Å². The quantitative estimate of drug-likeness (QED) is 0.740. The number of aliphatic hydroxyl groups is 1. The van der Waals surface area contributed by atoms with Crippen LogP contribution in [0.1, 0.15) is 29.6 Å². The molecule has 31 heavy (non-hydrogen) atoms. The number of para-hydroxylation sites is 2. The van der Waals surface area contributed by atoms with Crippen molar-refractivity contribution < 1.29 is 19.4 Å². The highest BCUT2D eigenvalue weighted by atomic mass is 16.5. The number of morpholine rings is 1. The molecule has 6 nitrogen and oxygen atoms in total. The molecule has 0 aliphatic carbocycles. The number of carbonyl (C=O) groups excluding carboxylic acids is 1. The van der Waals surface area contributed by atoms with Gasteiger partial charge in [0.25, 0.3) is 5.91 Å². The molecule has 2 saturated heterocycles. The molecule has 1 unspecified atom stereocenters. The Morgan fingerprint density at radius 1 is 1.03 bits per heavy atom. The molecule has 2 aromatic carbocycles. The van der Waals surface area contributed by atoms with Crippen LogP contribution in [0.25, 0.3) is 0 Å². The molecule has 0 aromatic heterocycles. The fraction of sp³-hybridized carbons (Fsp3) is 0.480. The second kappa shape index (κ2) is 10.2. The Bertz CT molecular complexity index is 854. The van der Waals surface area contributed by atoms with Gasteiger partial charge in [0.15, 0.2) is 0 Å². The molecule has 1 amide bonds. The maximum atomic E-state index is 13.5. The molecule has 2 fully saturated rings. The lowest BCUT2D eigenvalue weighted by atomic mass is 9.78. The van der Waals surface area contributed by atoms with Crippen LogP contribution in [-0.2, 0) is 4.74 Å². The Kier molecular flexibility index (Phi) is 7.10. The van der Waals surface area contributed by atoms with Crippen molar-refractivity contribution in [3.05, 3.63) is 60.2 Å². The van der Waals surface area contributed by atoms with Crippen molar-refractivity contribution in [2.24, 2.45) is 5.41 Å². The van der Waals surface area contributed by atoms with E-state index in [4.69, 9.17) is 9.47 Å². The van der Waals surface area contributed by atoms with Gasteiger partial charge in [0.1, 0.15) is 5.75 Å². The van der Waals surface area contributed by atoms with Gasteiger partial charge < -0.3 is 24.4 Å². The molecule has 1 atom stereocenters. The summed E-state index contributed by atoms with van der Waals surface area (Å²) in [6.45, 7) is 4.80. The zero-order valence-corrected chi connectivity index (χ0v) is 18.0. The average Bonchev–Trinajstić information content (AvgIpc) is 2.85. The molecule has 2 aliphatic heterocycles. The molecule has 1 N–H and O–H groups in total. The number of rotatable bonds is 7. The predicted octanol–water partition coefficient (Wildman–Crippen LogP) is 3.21. The molecular formula is C25H32N2O4. The topological polar surface area (TPSA) is 62.2 Å². The maximum Gasteiger partial charge on any atom is 0.255 e. The lowest BCUT2D eigenvalue weighted by Crippen LogP contribution is -2.49. The van der Waals surface area contributed by atoms with E-state index < -0.39 is 0 Å². The van der Waals surface area contributed by atoms with Crippen molar-refractivity contribution in [2.45, 2.75) is 19.3 Å². The Balaban J connectivity index is 1.44. The van der Waals surface area contributed by atoms with E-state index in [-0.39, 0.29) is 17.9 Å². The minimum absolute atomic E-state index is 0.0450. The monoisotopic (exact) mass is 424 g/mol. The molecule has 0 radical (unpaired) electrons. The summed E-state index contributed by atoms with van der Waals surface area (Å²) in [6.07, 6.45) is 2.50. The van der Waals surface area contributed by atoms with E-state index in [9.17, 15) is 9.90 Å². The van der Waals surface area contributed by atoms with Crippen LogP contribution < -0.4 is 9.64 Å². The van der Waals surface area contributed by atoms with Crippen molar-refractivity contribution >= 4 is 11.6 Å². The Morgan fingerprint density at radius 2 is 1.77 bits per heavy atom. The minimum Gasteiger partial charge on any atom is -0.494 e. The molecule has 0 bridgehead atoms. The van der Waals surface area contributed by atoms with Gasteiger partial charge in [-0.15, -0.1) is 0 Å². The molecule has 0 spiro atoms. The minimum atomic E-state index is -0.323. The fourth-order valence-electron chi connectivity index (χ4n) is 4.60. The standard InChI is InChI=1S/C25H32N2O4/c28-20-25(12-16-31-21-7-2-1-3-8-21)11-6-13-27(19-25)24(29)22-9-4-5-10-23(22)26-14-17-30-18-15-26/h1-5,7-10,28H,6,11-20H2. The number of ether oxygens (including phenoxy) is 2. The first-order valence-corrected chi connectivity index (χ1v) is 11.2. The van der Waals surface area contributed by atoms with E-state index in [0.29, 0.717) is 32.8 Å². The lowest BCUT2D eigenvalue weighted by Gasteiger charge is -2.42. The number of anilines is 1. The summed E-state index contributed by atoms with van der Waals surface area (Å²) >= 11 is 0. The number of benzene rings is 2. The number of aliphatic hydroxyl groups excluding tert-OH is 1. The molecule has 6 heteroatoms. The summed E-state index contributed by atoms with van der Waals surface area (Å²) < 4.78 is 11.4. The van der Waals surface area contributed by atoms with Crippen molar-refractivity contribution in [1.82, 2.24) is 4.90 Å². The third-order valence-electron chi connectivity index (χ3n) is 6.41. The number of likely N-dealkylation sites (tertiary alicyclic amines) is 1. The van der Waals surface area contributed by atoms with Crippen LogP contribution in [0.5, 0.6) is 5.75 Å². The highest BCUT2D eigenvalue weighted by Crippen LogP contribution is 2.35. The Morgan fingerprint density at radius 3 is 2.55 bits per heavy atom. The predicted molar refractivity (Wildman–Crippen MR) is 121 cm³/mol. The highest BCUT2D eigenvalue weighted by Gasteiger charge is 2.37. The van der Waals surface area contributed by atoms with Gasteiger partial charge in [0.2, 0.25) is 0 Å². The number of amides is 1. The first-order chi connectivity index (χ1) is 15.2. The van der Waals surface area contributed by atoms with E-state index in [1.807, 2.05) is 59.5 Å². The van der Waals surface area contributed by atoms with Gasteiger partial charge in [-0.3, -0.25) is 4.79 Å². The normalized spacial score (nSPS) is 21.7. The second-order valence-electron chi connectivity index (χ2n) is 8.52. The van der Waals surface area contributed by atoms with Gasteiger partial charge in [0, 0.05) is 37.3 Å². The zero-order chi connectivity index (χ0) is 21.5. The summed E-state index contributed by atoms with van der Waals surface area (Å²) in [4.78, 5) is 17.7. The molecule has 2 aromatic rings. The van der Waals surface area contributed by atoms with E-state index in [0.717, 1.165) is 49.5 Å². The van der Waals surface area contributed by atoms with Crippen LogP contribution in [0.4, 0.5) is 5.69 Å². The van der Waals surface area contributed by atoms with Crippen LogP contribution in [0.15, 0.2) is 54.6 Å². The number of hydrogen-bond donors (Lipinski definition) is 1. The molecular weight excluding hydrogens is 392 g/mol. The molecule has 166 valence electrons.